The first-order valence-electron chi connectivity index (χ1n) is 6.63. The summed E-state index contributed by atoms with van der Waals surface area (Å²) in [5, 5.41) is 9.11. The summed E-state index contributed by atoms with van der Waals surface area (Å²) in [7, 11) is -3.78. The summed E-state index contributed by atoms with van der Waals surface area (Å²) in [6.07, 6.45) is 6.68. The van der Waals surface area contributed by atoms with Gasteiger partial charge in [0.15, 0.2) is 0 Å². The van der Waals surface area contributed by atoms with Crippen molar-refractivity contribution in [1.29, 1.82) is 0 Å². The van der Waals surface area contributed by atoms with E-state index in [-0.39, 0.29) is 10.9 Å². The van der Waals surface area contributed by atoms with E-state index in [0.717, 1.165) is 19.3 Å². The van der Waals surface area contributed by atoms with E-state index in [0.29, 0.717) is 16.6 Å². The average molecular weight is 315 g/mol. The Morgan fingerprint density at radius 3 is 2.65 bits per heavy atom. The minimum absolute atomic E-state index is 0.0722. The summed E-state index contributed by atoms with van der Waals surface area (Å²) in [4.78, 5) is 0.0722. The second-order valence-corrected chi connectivity index (χ2v) is 7.72. The maximum absolute atomic E-state index is 11.7. The lowest BCUT2D eigenvalue weighted by atomic mass is 9.94. The molecule has 0 amide bonds. The molecule has 0 spiro atoms. The lowest BCUT2D eigenvalue weighted by Gasteiger charge is -2.32. The first kappa shape index (κ1) is 15.5. The van der Waals surface area contributed by atoms with E-state index in [1.807, 2.05) is 11.8 Å². The Kier molecular flexibility index (Phi) is 4.82. The molecule has 0 aromatic heterocycles. The third-order valence-electron chi connectivity index (χ3n) is 3.66. The molecule has 2 atom stereocenters. The molecule has 0 saturated heterocycles. The van der Waals surface area contributed by atoms with Gasteiger partial charge in [0, 0.05) is 17.0 Å². The van der Waals surface area contributed by atoms with Gasteiger partial charge in [0.05, 0.1) is 5.69 Å². The summed E-state index contributed by atoms with van der Waals surface area (Å²) >= 11 is 1.82. The zero-order chi connectivity index (χ0) is 14.8. The van der Waals surface area contributed by atoms with Gasteiger partial charge in [-0.05, 0) is 37.3 Å². The zero-order valence-electron chi connectivity index (χ0n) is 11.5. The predicted molar refractivity (Wildman–Crippen MR) is 85.4 cm³/mol. The van der Waals surface area contributed by atoms with Crippen LogP contribution in [-0.4, -0.2) is 26.0 Å². The van der Waals surface area contributed by atoms with Crippen molar-refractivity contribution in [3.05, 3.63) is 18.2 Å². The molecule has 2 unspecified atom stereocenters. The van der Waals surface area contributed by atoms with Crippen LogP contribution in [0.15, 0.2) is 23.1 Å². The second-order valence-electron chi connectivity index (χ2n) is 5.11. The summed E-state index contributed by atoms with van der Waals surface area (Å²) < 4.78 is 23.4. The highest BCUT2D eigenvalue weighted by molar-refractivity contribution is 7.99. The zero-order valence-corrected chi connectivity index (χ0v) is 13.1. The first-order chi connectivity index (χ1) is 9.41. The number of hydrogen-bond acceptors (Lipinski definition) is 5. The van der Waals surface area contributed by atoms with Crippen LogP contribution in [0.5, 0.6) is 0 Å². The van der Waals surface area contributed by atoms with Crippen molar-refractivity contribution < 1.29 is 8.42 Å². The third kappa shape index (κ3) is 3.59. The molecule has 1 aromatic carbocycles. The fraction of sp³-hybridized carbons (Fsp3) is 0.538. The van der Waals surface area contributed by atoms with Crippen molar-refractivity contribution >= 4 is 33.2 Å². The van der Waals surface area contributed by atoms with Crippen molar-refractivity contribution in [2.75, 3.05) is 17.3 Å². The number of primary sulfonamides is 1. The van der Waals surface area contributed by atoms with Gasteiger partial charge in [-0.25, -0.2) is 13.6 Å². The monoisotopic (exact) mass is 315 g/mol. The van der Waals surface area contributed by atoms with E-state index in [1.54, 1.807) is 12.1 Å². The molecule has 1 saturated carbocycles. The highest BCUT2D eigenvalue weighted by Gasteiger charge is 2.26. The maximum Gasteiger partial charge on any atom is 0.240 e. The Balaban J connectivity index is 2.29. The number of benzene rings is 1. The number of nitrogens with two attached hydrogens (primary N) is 2. The summed E-state index contributed by atoms with van der Waals surface area (Å²) in [6.45, 7) is 0. The van der Waals surface area contributed by atoms with E-state index in [2.05, 4.69) is 11.6 Å². The number of nitrogens with one attached hydrogen (secondary N) is 1. The molecule has 112 valence electrons. The van der Waals surface area contributed by atoms with Gasteiger partial charge in [-0.15, -0.1) is 0 Å². The smallest absolute Gasteiger partial charge is 0.240 e. The van der Waals surface area contributed by atoms with Gasteiger partial charge in [-0.3, -0.25) is 0 Å². The predicted octanol–water partition coefficient (Wildman–Crippen LogP) is 2.00. The summed E-state index contributed by atoms with van der Waals surface area (Å²) in [5.41, 5.74) is 6.60. The molecule has 2 rings (SSSR count). The Morgan fingerprint density at radius 2 is 2.00 bits per heavy atom. The van der Waals surface area contributed by atoms with E-state index < -0.39 is 10.0 Å². The molecule has 0 radical (unpaired) electrons. The summed E-state index contributed by atoms with van der Waals surface area (Å²) in [5.74, 6) is 0. The largest absolute Gasteiger partial charge is 0.399 e. The second kappa shape index (κ2) is 6.24. The van der Waals surface area contributed by atoms with Crippen LogP contribution in [0, 0.1) is 0 Å². The standard InChI is InChI=1S/C13H21N3O2S2/c1-19-12-5-3-2-4-10(12)16-11-7-6-9(14)8-13(11)20(15,17)18/h6-8,10,12,16H,2-5,14H2,1H3,(H2,15,17,18). The van der Waals surface area contributed by atoms with Gasteiger partial charge in [-0.1, -0.05) is 12.8 Å². The average Bonchev–Trinajstić information content (AvgIpc) is 2.40. The number of rotatable bonds is 4. The van der Waals surface area contributed by atoms with Gasteiger partial charge in [0.1, 0.15) is 4.90 Å². The quantitative estimate of drug-likeness (QED) is 0.738. The Labute approximate surface area is 124 Å². The maximum atomic E-state index is 11.7. The molecule has 1 aromatic rings. The molecule has 1 aliphatic rings. The van der Waals surface area contributed by atoms with Gasteiger partial charge >= 0.3 is 0 Å². The van der Waals surface area contributed by atoms with Crippen LogP contribution in [0.25, 0.3) is 0 Å². The van der Waals surface area contributed by atoms with Crippen LogP contribution in [-0.2, 0) is 10.0 Å². The van der Waals surface area contributed by atoms with E-state index in [4.69, 9.17) is 10.9 Å². The molecule has 0 aliphatic heterocycles. The van der Waals surface area contributed by atoms with Crippen molar-refractivity contribution in [2.45, 2.75) is 41.9 Å². The summed E-state index contributed by atoms with van der Waals surface area (Å²) in [6, 6.07) is 5.06. The lowest BCUT2D eigenvalue weighted by Crippen LogP contribution is -2.35. The van der Waals surface area contributed by atoms with Gasteiger partial charge in [-0.2, -0.15) is 11.8 Å². The van der Waals surface area contributed by atoms with Crippen molar-refractivity contribution in [2.24, 2.45) is 5.14 Å². The number of anilines is 2. The fourth-order valence-corrected chi connectivity index (χ4v) is 4.31. The van der Waals surface area contributed by atoms with Crippen LogP contribution in [0.2, 0.25) is 0 Å². The molecule has 0 heterocycles. The minimum atomic E-state index is -3.78. The number of hydrogen-bond donors (Lipinski definition) is 3. The van der Waals surface area contributed by atoms with E-state index in [9.17, 15) is 8.42 Å². The lowest BCUT2D eigenvalue weighted by molar-refractivity contribution is 0.474. The number of thioether (sulfide) groups is 1. The molecule has 1 fully saturated rings. The highest BCUT2D eigenvalue weighted by Crippen LogP contribution is 2.31. The van der Waals surface area contributed by atoms with Crippen molar-refractivity contribution in [3.8, 4) is 0 Å². The Hall–Kier alpha value is -0.920. The SMILES string of the molecule is CSC1CCCCC1Nc1ccc(N)cc1S(N)(=O)=O. The molecule has 1 aliphatic carbocycles. The van der Waals surface area contributed by atoms with Crippen molar-refractivity contribution in [3.63, 3.8) is 0 Å². The first-order valence-corrected chi connectivity index (χ1v) is 9.47. The molecule has 7 heteroatoms. The van der Waals surface area contributed by atoms with Gasteiger partial charge < -0.3 is 11.1 Å². The Morgan fingerprint density at radius 1 is 1.30 bits per heavy atom. The Bertz CT molecular complexity index is 575. The van der Waals surface area contributed by atoms with Crippen molar-refractivity contribution in [1.82, 2.24) is 0 Å². The molecule has 0 bridgehead atoms. The van der Waals surface area contributed by atoms with Gasteiger partial charge in [0.2, 0.25) is 10.0 Å². The molecule has 5 N–H and O–H groups in total. The molecular formula is C13H21N3O2S2. The van der Waals surface area contributed by atoms with Crippen LogP contribution >= 0.6 is 11.8 Å². The minimum Gasteiger partial charge on any atom is -0.399 e. The fourth-order valence-electron chi connectivity index (χ4n) is 2.64. The van der Waals surface area contributed by atoms with Crippen LogP contribution in [0.3, 0.4) is 0 Å². The topological polar surface area (TPSA) is 98.2 Å². The van der Waals surface area contributed by atoms with E-state index >= 15 is 0 Å². The van der Waals surface area contributed by atoms with Crippen LogP contribution < -0.4 is 16.2 Å². The molecular weight excluding hydrogens is 294 g/mol. The van der Waals surface area contributed by atoms with E-state index in [1.165, 1.54) is 12.5 Å². The number of sulfonamides is 1. The third-order valence-corrected chi connectivity index (χ3v) is 5.78. The molecule has 20 heavy (non-hydrogen) atoms. The molecule has 5 nitrogen and oxygen atoms in total. The number of nitrogen functional groups attached to an aromatic ring is 1. The van der Waals surface area contributed by atoms with Gasteiger partial charge in [0.25, 0.3) is 0 Å². The van der Waals surface area contributed by atoms with Crippen LogP contribution in [0.4, 0.5) is 11.4 Å². The highest BCUT2D eigenvalue weighted by atomic mass is 32.2. The normalized spacial score (nSPS) is 23.5. The van der Waals surface area contributed by atoms with Crippen LogP contribution in [0.1, 0.15) is 25.7 Å².